The van der Waals surface area contributed by atoms with Gasteiger partial charge in [-0.3, -0.25) is 0 Å². The van der Waals surface area contributed by atoms with E-state index in [4.69, 9.17) is 4.43 Å². The third-order valence-electron chi connectivity index (χ3n) is 5.47. The summed E-state index contributed by atoms with van der Waals surface area (Å²) in [4.78, 5) is 11.3. The lowest BCUT2D eigenvalue weighted by molar-refractivity contribution is -0.115. The minimum atomic E-state index is -1.86. The lowest BCUT2D eigenvalue weighted by atomic mass is 9.71. The van der Waals surface area contributed by atoms with E-state index in [2.05, 4.69) is 54.6 Å². The van der Waals surface area contributed by atoms with Crippen LogP contribution in [0.15, 0.2) is 0 Å². The van der Waals surface area contributed by atoms with Gasteiger partial charge in [0.25, 0.3) is 0 Å². The van der Waals surface area contributed by atoms with Crippen LogP contribution in [0, 0.1) is 11.3 Å². The van der Waals surface area contributed by atoms with Crippen molar-refractivity contribution in [3.8, 4) is 0 Å². The molecule has 0 unspecified atom stereocenters. The van der Waals surface area contributed by atoms with E-state index in [9.17, 15) is 4.79 Å². The molecule has 20 heavy (non-hydrogen) atoms. The number of hydrogen-bond donors (Lipinski definition) is 0. The Morgan fingerprint density at radius 3 is 2.15 bits per heavy atom. The quantitative estimate of drug-likeness (QED) is 0.528. The van der Waals surface area contributed by atoms with E-state index >= 15 is 0 Å². The Labute approximate surface area is 126 Å². The first kappa shape index (κ1) is 17.9. The van der Waals surface area contributed by atoms with Gasteiger partial charge in [-0.15, -0.1) is 0 Å². The van der Waals surface area contributed by atoms with Crippen molar-refractivity contribution in [1.82, 2.24) is 0 Å². The van der Waals surface area contributed by atoms with E-state index in [0.717, 1.165) is 12.7 Å². The standard InChI is InChI=1S/C17H34O2Si/c1-15(2,3)14-10-9-11-17(14,12-13-18)19-20(7,8)16(4,5)6/h13-14H,9-12H2,1-8H3/t14-,17-/m0/s1. The third kappa shape index (κ3) is 3.54. The Kier molecular flexibility index (Phi) is 4.98. The van der Waals surface area contributed by atoms with Crippen molar-refractivity contribution in [1.29, 1.82) is 0 Å². The second kappa shape index (κ2) is 5.56. The fourth-order valence-electron chi connectivity index (χ4n) is 3.48. The molecule has 1 fully saturated rings. The van der Waals surface area contributed by atoms with Gasteiger partial charge in [0.2, 0.25) is 0 Å². The van der Waals surface area contributed by atoms with Crippen molar-refractivity contribution in [2.45, 2.75) is 91.0 Å². The molecule has 0 N–H and O–H groups in total. The molecule has 0 saturated heterocycles. The van der Waals surface area contributed by atoms with Gasteiger partial charge in [-0.25, -0.2) is 0 Å². The maximum atomic E-state index is 11.3. The van der Waals surface area contributed by atoms with E-state index in [1.165, 1.54) is 12.8 Å². The van der Waals surface area contributed by atoms with Gasteiger partial charge in [0, 0.05) is 6.42 Å². The lowest BCUT2D eigenvalue weighted by Crippen LogP contribution is -2.53. The van der Waals surface area contributed by atoms with Crippen LogP contribution in [0.3, 0.4) is 0 Å². The summed E-state index contributed by atoms with van der Waals surface area (Å²) in [7, 11) is -1.86. The molecule has 1 aliphatic carbocycles. The highest BCUT2D eigenvalue weighted by molar-refractivity contribution is 6.74. The predicted molar refractivity (Wildman–Crippen MR) is 88.5 cm³/mol. The summed E-state index contributed by atoms with van der Waals surface area (Å²) < 4.78 is 6.84. The molecular formula is C17H34O2Si. The molecule has 0 radical (unpaired) electrons. The van der Waals surface area contributed by atoms with Crippen LogP contribution in [-0.4, -0.2) is 20.2 Å². The van der Waals surface area contributed by atoms with Gasteiger partial charge in [-0.1, -0.05) is 48.0 Å². The molecule has 2 atom stereocenters. The largest absolute Gasteiger partial charge is 0.411 e. The summed E-state index contributed by atoms with van der Waals surface area (Å²) in [5.41, 5.74) is -0.0229. The van der Waals surface area contributed by atoms with Crippen molar-refractivity contribution in [3.05, 3.63) is 0 Å². The summed E-state index contributed by atoms with van der Waals surface area (Å²) in [5, 5.41) is 0.188. The molecule has 0 aromatic rings. The van der Waals surface area contributed by atoms with Gasteiger partial charge in [0.15, 0.2) is 8.32 Å². The van der Waals surface area contributed by atoms with E-state index < -0.39 is 8.32 Å². The Morgan fingerprint density at radius 2 is 1.75 bits per heavy atom. The van der Waals surface area contributed by atoms with Crippen LogP contribution < -0.4 is 0 Å². The Morgan fingerprint density at radius 1 is 1.20 bits per heavy atom. The fraction of sp³-hybridized carbons (Fsp3) is 0.941. The van der Waals surface area contributed by atoms with Crippen molar-refractivity contribution >= 4 is 14.6 Å². The second-order valence-corrected chi connectivity index (χ2v) is 13.8. The molecule has 1 rings (SSSR count). The third-order valence-corrected chi connectivity index (χ3v) is 10.00. The molecule has 1 saturated carbocycles. The molecule has 1 aliphatic rings. The maximum absolute atomic E-state index is 11.3. The molecule has 0 aromatic carbocycles. The van der Waals surface area contributed by atoms with Crippen LogP contribution >= 0.6 is 0 Å². The van der Waals surface area contributed by atoms with Gasteiger partial charge in [-0.2, -0.15) is 0 Å². The fourth-order valence-corrected chi connectivity index (χ4v) is 5.13. The molecule has 0 aliphatic heterocycles. The summed E-state index contributed by atoms with van der Waals surface area (Å²) in [6.07, 6.45) is 5.05. The van der Waals surface area contributed by atoms with Crippen LogP contribution in [-0.2, 0) is 9.22 Å². The Bertz CT molecular complexity index is 349. The Balaban J connectivity index is 3.13. The van der Waals surface area contributed by atoms with Crippen LogP contribution in [0.2, 0.25) is 18.1 Å². The summed E-state index contributed by atoms with van der Waals surface area (Å²) in [6.45, 7) is 18.3. The minimum Gasteiger partial charge on any atom is -0.411 e. The number of hydrogen-bond acceptors (Lipinski definition) is 2. The van der Waals surface area contributed by atoms with Gasteiger partial charge in [0.05, 0.1) is 5.60 Å². The SMILES string of the molecule is CC(C)(C)[C@@H]1CCC[C@@]1(CC=O)O[Si](C)(C)C(C)(C)C. The zero-order valence-electron chi connectivity index (χ0n) is 14.8. The molecule has 0 aromatic heterocycles. The summed E-state index contributed by atoms with van der Waals surface area (Å²) in [5.74, 6) is 0.481. The minimum absolute atomic E-state index is 0.188. The molecular weight excluding hydrogens is 264 g/mol. The summed E-state index contributed by atoms with van der Waals surface area (Å²) >= 11 is 0. The smallest absolute Gasteiger partial charge is 0.192 e. The second-order valence-electron chi connectivity index (χ2n) is 9.11. The summed E-state index contributed by atoms with van der Waals surface area (Å²) in [6, 6.07) is 0. The van der Waals surface area contributed by atoms with Crippen molar-refractivity contribution in [2.24, 2.45) is 11.3 Å². The highest BCUT2D eigenvalue weighted by atomic mass is 28.4. The molecule has 0 amide bonds. The monoisotopic (exact) mass is 298 g/mol. The van der Waals surface area contributed by atoms with E-state index in [-0.39, 0.29) is 16.1 Å². The zero-order chi connectivity index (χ0) is 15.8. The molecule has 2 nitrogen and oxygen atoms in total. The van der Waals surface area contributed by atoms with Crippen molar-refractivity contribution in [3.63, 3.8) is 0 Å². The van der Waals surface area contributed by atoms with E-state index in [1.807, 2.05) is 0 Å². The highest BCUT2D eigenvalue weighted by Crippen LogP contribution is 2.53. The van der Waals surface area contributed by atoms with E-state index in [0.29, 0.717) is 12.3 Å². The highest BCUT2D eigenvalue weighted by Gasteiger charge is 2.53. The van der Waals surface area contributed by atoms with Gasteiger partial charge in [-0.05, 0) is 42.3 Å². The number of carbonyl (C=O) groups is 1. The van der Waals surface area contributed by atoms with Crippen LogP contribution in [0.5, 0.6) is 0 Å². The van der Waals surface area contributed by atoms with E-state index in [1.54, 1.807) is 0 Å². The van der Waals surface area contributed by atoms with Crippen molar-refractivity contribution in [2.75, 3.05) is 0 Å². The zero-order valence-corrected chi connectivity index (χ0v) is 15.8. The molecule has 0 spiro atoms. The first-order valence-electron chi connectivity index (χ1n) is 7.99. The van der Waals surface area contributed by atoms with Crippen LogP contribution in [0.4, 0.5) is 0 Å². The number of rotatable bonds is 4. The van der Waals surface area contributed by atoms with Crippen LogP contribution in [0.25, 0.3) is 0 Å². The predicted octanol–water partition coefficient (Wildman–Crippen LogP) is 5.18. The topological polar surface area (TPSA) is 26.3 Å². The first-order chi connectivity index (χ1) is 8.86. The average Bonchev–Trinajstić information content (AvgIpc) is 2.58. The number of carbonyl (C=O) groups excluding carboxylic acids is 1. The average molecular weight is 299 g/mol. The van der Waals surface area contributed by atoms with Crippen molar-refractivity contribution < 1.29 is 9.22 Å². The number of aldehydes is 1. The molecule has 0 heterocycles. The first-order valence-corrected chi connectivity index (χ1v) is 10.9. The lowest BCUT2D eigenvalue weighted by Gasteiger charge is -2.49. The molecule has 118 valence electrons. The Hall–Kier alpha value is -0.153. The van der Waals surface area contributed by atoms with Gasteiger partial charge < -0.3 is 9.22 Å². The van der Waals surface area contributed by atoms with Gasteiger partial charge in [0.1, 0.15) is 6.29 Å². The molecule has 0 bridgehead atoms. The normalized spacial score (nSPS) is 28.7. The maximum Gasteiger partial charge on any atom is 0.192 e. The van der Waals surface area contributed by atoms with Crippen LogP contribution in [0.1, 0.15) is 67.2 Å². The van der Waals surface area contributed by atoms with Gasteiger partial charge >= 0.3 is 0 Å². The molecule has 3 heteroatoms.